The molecule has 0 aromatic carbocycles. The number of methoxy groups -OCH3 is 1. The maximum absolute atomic E-state index is 5.25. The molecule has 0 saturated carbocycles. The highest BCUT2D eigenvalue weighted by molar-refractivity contribution is 5.03. The molecular formula is C14H25N3O. The molecule has 0 amide bonds. The number of ether oxygens (including phenoxy) is 1. The van der Waals surface area contributed by atoms with E-state index >= 15 is 0 Å². The van der Waals surface area contributed by atoms with E-state index in [0.29, 0.717) is 6.04 Å². The SMILES string of the molecule is CCCNC(COC)CN(C)Cc1ccccn1. The second-order valence-electron chi connectivity index (χ2n) is 4.62. The normalized spacial score (nSPS) is 12.9. The van der Waals surface area contributed by atoms with E-state index in [1.807, 2.05) is 18.3 Å². The maximum Gasteiger partial charge on any atom is 0.0628 e. The Kier molecular flexibility index (Phi) is 7.57. The zero-order chi connectivity index (χ0) is 13.2. The van der Waals surface area contributed by atoms with E-state index in [1.54, 1.807) is 7.11 Å². The van der Waals surface area contributed by atoms with Crippen LogP contribution in [0.1, 0.15) is 19.0 Å². The monoisotopic (exact) mass is 251 g/mol. The van der Waals surface area contributed by atoms with Crippen LogP contribution in [0.2, 0.25) is 0 Å². The van der Waals surface area contributed by atoms with Gasteiger partial charge in [-0.25, -0.2) is 0 Å². The first-order valence-electron chi connectivity index (χ1n) is 6.57. The van der Waals surface area contributed by atoms with E-state index in [-0.39, 0.29) is 0 Å². The van der Waals surface area contributed by atoms with E-state index in [9.17, 15) is 0 Å². The summed E-state index contributed by atoms with van der Waals surface area (Å²) in [6.07, 6.45) is 2.98. The van der Waals surface area contributed by atoms with Gasteiger partial charge in [0.25, 0.3) is 0 Å². The Hall–Kier alpha value is -0.970. The van der Waals surface area contributed by atoms with Gasteiger partial charge in [0.15, 0.2) is 0 Å². The van der Waals surface area contributed by atoms with Crippen LogP contribution in [0.3, 0.4) is 0 Å². The molecule has 0 aliphatic rings. The third-order valence-electron chi connectivity index (χ3n) is 2.74. The number of nitrogens with one attached hydrogen (secondary N) is 1. The summed E-state index contributed by atoms with van der Waals surface area (Å²) in [4.78, 5) is 6.61. The van der Waals surface area contributed by atoms with E-state index < -0.39 is 0 Å². The number of aromatic nitrogens is 1. The molecule has 18 heavy (non-hydrogen) atoms. The van der Waals surface area contributed by atoms with Crippen molar-refractivity contribution in [2.45, 2.75) is 25.9 Å². The number of hydrogen-bond acceptors (Lipinski definition) is 4. The molecule has 1 rings (SSSR count). The third-order valence-corrected chi connectivity index (χ3v) is 2.74. The molecule has 0 radical (unpaired) electrons. The van der Waals surface area contributed by atoms with Gasteiger partial charge in [0.05, 0.1) is 12.3 Å². The summed E-state index contributed by atoms with van der Waals surface area (Å²) in [6.45, 7) is 5.78. The van der Waals surface area contributed by atoms with Gasteiger partial charge in [-0.2, -0.15) is 0 Å². The molecule has 0 spiro atoms. The summed E-state index contributed by atoms with van der Waals surface area (Å²) in [5.74, 6) is 0. The van der Waals surface area contributed by atoms with E-state index in [4.69, 9.17) is 4.74 Å². The Morgan fingerprint density at radius 1 is 1.44 bits per heavy atom. The van der Waals surface area contributed by atoms with Crippen LogP contribution < -0.4 is 5.32 Å². The molecule has 4 nitrogen and oxygen atoms in total. The standard InChI is InChI=1S/C14H25N3O/c1-4-8-15-14(12-18-3)11-17(2)10-13-7-5-6-9-16-13/h5-7,9,14-15H,4,8,10-12H2,1-3H3. The molecule has 0 bridgehead atoms. The minimum Gasteiger partial charge on any atom is -0.383 e. The highest BCUT2D eigenvalue weighted by atomic mass is 16.5. The molecule has 1 aromatic heterocycles. The van der Waals surface area contributed by atoms with Crippen LogP contribution in [0.25, 0.3) is 0 Å². The zero-order valence-corrected chi connectivity index (χ0v) is 11.7. The van der Waals surface area contributed by atoms with Crippen molar-refractivity contribution in [3.63, 3.8) is 0 Å². The Morgan fingerprint density at radius 2 is 2.28 bits per heavy atom. The molecule has 102 valence electrons. The van der Waals surface area contributed by atoms with E-state index in [1.165, 1.54) is 0 Å². The Bertz CT molecular complexity index is 305. The summed E-state index contributed by atoms with van der Waals surface area (Å²) in [7, 11) is 3.87. The van der Waals surface area contributed by atoms with Gasteiger partial charge in [0.2, 0.25) is 0 Å². The van der Waals surface area contributed by atoms with Gasteiger partial charge < -0.3 is 10.1 Å². The molecule has 0 fully saturated rings. The molecule has 1 aromatic rings. The first-order valence-corrected chi connectivity index (χ1v) is 6.57. The van der Waals surface area contributed by atoms with Gasteiger partial charge in [-0.15, -0.1) is 0 Å². The summed E-state index contributed by atoms with van der Waals surface area (Å²) >= 11 is 0. The van der Waals surface area contributed by atoms with Crippen LogP contribution in [-0.2, 0) is 11.3 Å². The quantitative estimate of drug-likeness (QED) is 0.722. The molecule has 0 aliphatic carbocycles. The lowest BCUT2D eigenvalue weighted by molar-refractivity contribution is 0.143. The van der Waals surface area contributed by atoms with Crippen molar-refractivity contribution in [1.29, 1.82) is 0 Å². The second-order valence-corrected chi connectivity index (χ2v) is 4.62. The zero-order valence-electron chi connectivity index (χ0n) is 11.7. The minimum atomic E-state index is 0.378. The predicted molar refractivity (Wildman–Crippen MR) is 74.5 cm³/mol. The van der Waals surface area contributed by atoms with E-state index in [2.05, 4.69) is 35.2 Å². The lowest BCUT2D eigenvalue weighted by atomic mass is 10.2. The lowest BCUT2D eigenvalue weighted by Crippen LogP contribution is -2.42. The van der Waals surface area contributed by atoms with Crippen LogP contribution in [-0.4, -0.2) is 49.8 Å². The molecule has 0 saturated heterocycles. The highest BCUT2D eigenvalue weighted by Crippen LogP contribution is 2.00. The third kappa shape index (κ3) is 6.10. The number of rotatable bonds is 9. The van der Waals surface area contributed by atoms with Crippen molar-refractivity contribution in [1.82, 2.24) is 15.2 Å². The first-order chi connectivity index (χ1) is 8.76. The van der Waals surface area contributed by atoms with Crippen molar-refractivity contribution < 1.29 is 4.74 Å². The Labute approximate surface area is 110 Å². The number of likely N-dealkylation sites (N-methyl/N-ethyl adjacent to an activating group) is 1. The average Bonchev–Trinajstić information content (AvgIpc) is 2.37. The van der Waals surface area contributed by atoms with Crippen molar-refractivity contribution in [2.24, 2.45) is 0 Å². The summed E-state index contributed by atoms with van der Waals surface area (Å²) in [5.41, 5.74) is 1.10. The molecule has 1 atom stereocenters. The van der Waals surface area contributed by atoms with Crippen LogP contribution in [0, 0.1) is 0 Å². The van der Waals surface area contributed by atoms with Crippen molar-refractivity contribution in [3.8, 4) is 0 Å². The van der Waals surface area contributed by atoms with Crippen molar-refractivity contribution in [2.75, 3.05) is 33.9 Å². The van der Waals surface area contributed by atoms with Crippen LogP contribution >= 0.6 is 0 Å². The maximum atomic E-state index is 5.25. The van der Waals surface area contributed by atoms with Crippen molar-refractivity contribution in [3.05, 3.63) is 30.1 Å². The average molecular weight is 251 g/mol. The summed E-state index contributed by atoms with van der Waals surface area (Å²) in [5, 5.41) is 3.50. The minimum absolute atomic E-state index is 0.378. The van der Waals surface area contributed by atoms with E-state index in [0.717, 1.165) is 38.4 Å². The molecule has 4 heteroatoms. The largest absolute Gasteiger partial charge is 0.383 e. The van der Waals surface area contributed by atoms with Gasteiger partial charge in [-0.1, -0.05) is 13.0 Å². The van der Waals surface area contributed by atoms with Crippen LogP contribution in [0.4, 0.5) is 0 Å². The van der Waals surface area contributed by atoms with Gasteiger partial charge in [-0.05, 0) is 32.1 Å². The van der Waals surface area contributed by atoms with Crippen LogP contribution in [0.15, 0.2) is 24.4 Å². The Balaban J connectivity index is 2.37. The second kappa shape index (κ2) is 9.03. The molecule has 1 heterocycles. The molecule has 1 N–H and O–H groups in total. The number of pyridine rings is 1. The fourth-order valence-corrected chi connectivity index (χ4v) is 1.93. The fraction of sp³-hybridized carbons (Fsp3) is 0.643. The summed E-state index contributed by atoms with van der Waals surface area (Å²) < 4.78 is 5.25. The van der Waals surface area contributed by atoms with Crippen LogP contribution in [0.5, 0.6) is 0 Å². The molecule has 0 aliphatic heterocycles. The van der Waals surface area contributed by atoms with Gasteiger partial charge >= 0.3 is 0 Å². The molecular weight excluding hydrogens is 226 g/mol. The fourth-order valence-electron chi connectivity index (χ4n) is 1.93. The predicted octanol–water partition coefficient (Wildman–Crippen LogP) is 1.53. The number of hydrogen-bond donors (Lipinski definition) is 1. The smallest absolute Gasteiger partial charge is 0.0628 e. The first kappa shape index (κ1) is 15.1. The number of nitrogens with zero attached hydrogens (tertiary/aromatic N) is 2. The van der Waals surface area contributed by atoms with Gasteiger partial charge in [0.1, 0.15) is 0 Å². The Morgan fingerprint density at radius 3 is 2.89 bits per heavy atom. The summed E-state index contributed by atoms with van der Waals surface area (Å²) in [6, 6.07) is 6.41. The lowest BCUT2D eigenvalue weighted by Gasteiger charge is -2.24. The van der Waals surface area contributed by atoms with Gasteiger partial charge in [0, 0.05) is 32.4 Å². The van der Waals surface area contributed by atoms with Gasteiger partial charge in [-0.3, -0.25) is 9.88 Å². The molecule has 1 unspecified atom stereocenters. The van der Waals surface area contributed by atoms with Crippen molar-refractivity contribution >= 4 is 0 Å². The highest BCUT2D eigenvalue weighted by Gasteiger charge is 2.11. The topological polar surface area (TPSA) is 37.4 Å².